The van der Waals surface area contributed by atoms with Crippen LogP contribution in [-0.4, -0.2) is 41.4 Å². The molecule has 3 rings (SSSR count). The molecular weight excluding hydrogens is 290 g/mol. The van der Waals surface area contributed by atoms with Crippen molar-refractivity contribution in [3.63, 3.8) is 0 Å². The molecule has 112 valence electrons. The van der Waals surface area contributed by atoms with E-state index in [1.807, 2.05) is 24.3 Å². The summed E-state index contributed by atoms with van der Waals surface area (Å²) in [7, 11) is 0. The van der Waals surface area contributed by atoms with E-state index in [4.69, 9.17) is 11.6 Å². The smallest absolute Gasteiger partial charge is 0.245 e. The van der Waals surface area contributed by atoms with Crippen LogP contribution < -0.4 is 10.6 Å². The highest BCUT2D eigenvalue weighted by Gasteiger charge is 2.44. The van der Waals surface area contributed by atoms with Crippen LogP contribution in [0.3, 0.4) is 0 Å². The number of nitrogens with zero attached hydrogens (tertiary/aromatic N) is 1. The number of rotatable bonds is 3. The average molecular weight is 308 g/mol. The third kappa shape index (κ3) is 2.76. The summed E-state index contributed by atoms with van der Waals surface area (Å²) in [6.45, 7) is 2.93. The Morgan fingerprint density at radius 1 is 1.38 bits per heavy atom. The molecule has 2 fully saturated rings. The molecule has 0 aliphatic carbocycles. The molecule has 1 aromatic carbocycles. The Balaban J connectivity index is 1.63. The van der Waals surface area contributed by atoms with Crippen LogP contribution in [0, 0.1) is 0 Å². The van der Waals surface area contributed by atoms with Crippen LogP contribution >= 0.6 is 11.6 Å². The van der Waals surface area contributed by atoms with Gasteiger partial charge in [-0.3, -0.25) is 9.59 Å². The average Bonchev–Trinajstić information content (AvgIpc) is 2.89. The van der Waals surface area contributed by atoms with Crippen molar-refractivity contribution in [2.24, 2.45) is 0 Å². The number of hydrogen-bond acceptors (Lipinski definition) is 3. The van der Waals surface area contributed by atoms with Gasteiger partial charge in [0.25, 0.3) is 0 Å². The summed E-state index contributed by atoms with van der Waals surface area (Å²) in [5, 5.41) is 6.84. The van der Waals surface area contributed by atoms with E-state index in [2.05, 4.69) is 10.6 Å². The van der Waals surface area contributed by atoms with Crippen LogP contribution in [0.5, 0.6) is 0 Å². The lowest BCUT2D eigenvalue weighted by Gasteiger charge is -2.32. The number of halogens is 1. The van der Waals surface area contributed by atoms with Crippen LogP contribution in [0.4, 0.5) is 0 Å². The SMILES string of the molecule is C[C@@H]1NC(=O)[C@@H]2C[C@H](NCc3ccccc3Cl)CN2C1=O. The summed E-state index contributed by atoms with van der Waals surface area (Å²) in [5.74, 6) is -0.0502. The molecule has 2 aliphatic rings. The molecule has 3 atom stereocenters. The molecule has 0 unspecified atom stereocenters. The van der Waals surface area contributed by atoms with Gasteiger partial charge in [-0.05, 0) is 25.0 Å². The Kier molecular flexibility index (Phi) is 3.87. The number of hydrogen-bond donors (Lipinski definition) is 2. The Labute approximate surface area is 128 Å². The van der Waals surface area contributed by atoms with Crippen molar-refractivity contribution in [2.45, 2.75) is 38.0 Å². The van der Waals surface area contributed by atoms with E-state index in [-0.39, 0.29) is 23.9 Å². The number of nitrogens with one attached hydrogen (secondary N) is 2. The normalized spacial score (nSPS) is 28.5. The molecule has 2 N–H and O–H groups in total. The van der Waals surface area contributed by atoms with Gasteiger partial charge < -0.3 is 15.5 Å². The Morgan fingerprint density at radius 2 is 2.14 bits per heavy atom. The maximum absolute atomic E-state index is 12.1. The van der Waals surface area contributed by atoms with Gasteiger partial charge in [0.05, 0.1) is 0 Å². The third-order valence-electron chi connectivity index (χ3n) is 4.16. The van der Waals surface area contributed by atoms with E-state index in [1.54, 1.807) is 11.8 Å². The predicted octanol–water partition coefficient (Wildman–Crippen LogP) is 0.917. The first-order valence-corrected chi connectivity index (χ1v) is 7.51. The maximum atomic E-state index is 12.1. The molecule has 2 saturated heterocycles. The quantitative estimate of drug-likeness (QED) is 0.873. The van der Waals surface area contributed by atoms with Crippen LogP contribution in [0.25, 0.3) is 0 Å². The van der Waals surface area contributed by atoms with Gasteiger partial charge in [-0.1, -0.05) is 29.8 Å². The zero-order valence-electron chi connectivity index (χ0n) is 11.8. The fraction of sp³-hybridized carbons (Fsp3) is 0.467. The van der Waals surface area contributed by atoms with Crippen molar-refractivity contribution in [1.82, 2.24) is 15.5 Å². The second-order valence-electron chi connectivity index (χ2n) is 5.64. The minimum absolute atomic E-state index is 0.00152. The lowest BCUT2D eigenvalue weighted by molar-refractivity contribution is -0.146. The molecule has 2 heterocycles. The van der Waals surface area contributed by atoms with E-state index in [0.29, 0.717) is 19.5 Å². The molecular formula is C15H18ClN3O2. The van der Waals surface area contributed by atoms with Crippen LogP contribution in [-0.2, 0) is 16.1 Å². The summed E-state index contributed by atoms with van der Waals surface area (Å²) in [5.41, 5.74) is 1.02. The molecule has 2 amide bonds. The second-order valence-corrected chi connectivity index (χ2v) is 6.05. The first-order valence-electron chi connectivity index (χ1n) is 7.14. The molecule has 5 nitrogen and oxygen atoms in total. The van der Waals surface area contributed by atoms with Crippen molar-refractivity contribution in [2.75, 3.05) is 6.54 Å². The zero-order chi connectivity index (χ0) is 15.0. The molecule has 2 aliphatic heterocycles. The Morgan fingerprint density at radius 3 is 2.90 bits per heavy atom. The third-order valence-corrected chi connectivity index (χ3v) is 4.52. The number of piperazine rings is 1. The minimum atomic E-state index is -0.420. The summed E-state index contributed by atoms with van der Waals surface area (Å²) in [4.78, 5) is 25.7. The van der Waals surface area contributed by atoms with Crippen molar-refractivity contribution in [3.05, 3.63) is 34.9 Å². The van der Waals surface area contributed by atoms with E-state index in [9.17, 15) is 9.59 Å². The van der Waals surface area contributed by atoms with E-state index >= 15 is 0 Å². The van der Waals surface area contributed by atoms with Crippen molar-refractivity contribution >= 4 is 23.4 Å². The lowest BCUT2D eigenvalue weighted by atomic mass is 10.1. The van der Waals surface area contributed by atoms with Crippen LogP contribution in [0.1, 0.15) is 18.9 Å². The molecule has 0 radical (unpaired) electrons. The molecule has 6 heteroatoms. The number of carbonyl (C=O) groups is 2. The zero-order valence-corrected chi connectivity index (χ0v) is 12.6. The monoisotopic (exact) mass is 307 g/mol. The fourth-order valence-electron chi connectivity index (χ4n) is 2.99. The predicted molar refractivity (Wildman–Crippen MR) is 79.8 cm³/mol. The maximum Gasteiger partial charge on any atom is 0.245 e. The van der Waals surface area contributed by atoms with E-state index in [0.717, 1.165) is 10.6 Å². The van der Waals surface area contributed by atoms with Gasteiger partial charge in [0.2, 0.25) is 11.8 Å². The molecule has 1 aromatic rings. The minimum Gasteiger partial charge on any atom is -0.343 e. The summed E-state index contributed by atoms with van der Waals surface area (Å²) >= 11 is 6.13. The number of amides is 2. The number of fused-ring (bicyclic) bond motifs is 1. The van der Waals surface area contributed by atoms with Gasteiger partial charge in [0.1, 0.15) is 12.1 Å². The molecule has 0 bridgehead atoms. The van der Waals surface area contributed by atoms with Gasteiger partial charge in [-0.15, -0.1) is 0 Å². The first kappa shape index (κ1) is 14.4. The van der Waals surface area contributed by atoms with Gasteiger partial charge in [-0.25, -0.2) is 0 Å². The highest BCUT2D eigenvalue weighted by molar-refractivity contribution is 6.31. The van der Waals surface area contributed by atoms with Gasteiger partial charge in [0.15, 0.2) is 0 Å². The van der Waals surface area contributed by atoms with E-state index in [1.165, 1.54) is 0 Å². The first-order chi connectivity index (χ1) is 10.1. The highest BCUT2D eigenvalue weighted by atomic mass is 35.5. The molecule has 0 spiro atoms. The van der Waals surface area contributed by atoms with Crippen LogP contribution in [0.2, 0.25) is 5.02 Å². The van der Waals surface area contributed by atoms with E-state index < -0.39 is 6.04 Å². The lowest BCUT2D eigenvalue weighted by Crippen LogP contribution is -2.60. The second kappa shape index (κ2) is 5.66. The van der Waals surface area contributed by atoms with Crippen molar-refractivity contribution in [1.29, 1.82) is 0 Å². The van der Waals surface area contributed by atoms with Gasteiger partial charge in [0, 0.05) is 24.2 Å². The number of benzene rings is 1. The Bertz CT molecular complexity index is 578. The topological polar surface area (TPSA) is 61.4 Å². The van der Waals surface area contributed by atoms with Crippen LogP contribution in [0.15, 0.2) is 24.3 Å². The summed E-state index contributed by atoms with van der Waals surface area (Å²) in [6, 6.07) is 7.03. The number of carbonyl (C=O) groups excluding carboxylic acids is 2. The molecule has 0 aromatic heterocycles. The Hall–Kier alpha value is -1.59. The van der Waals surface area contributed by atoms with Gasteiger partial charge >= 0.3 is 0 Å². The van der Waals surface area contributed by atoms with Crippen molar-refractivity contribution < 1.29 is 9.59 Å². The largest absolute Gasteiger partial charge is 0.343 e. The summed E-state index contributed by atoms with van der Waals surface area (Å²) in [6.07, 6.45) is 0.648. The van der Waals surface area contributed by atoms with Crippen molar-refractivity contribution in [3.8, 4) is 0 Å². The molecule has 0 saturated carbocycles. The fourth-order valence-corrected chi connectivity index (χ4v) is 3.19. The standard InChI is InChI=1S/C15H18ClN3O2/c1-9-15(21)19-8-11(6-13(19)14(20)18-9)17-7-10-4-2-3-5-12(10)16/h2-5,9,11,13,17H,6-8H2,1H3,(H,18,20)/t9-,11-,13-/m0/s1. The summed E-state index contributed by atoms with van der Waals surface area (Å²) < 4.78 is 0. The van der Waals surface area contributed by atoms with Gasteiger partial charge in [-0.2, -0.15) is 0 Å². The molecule has 21 heavy (non-hydrogen) atoms. The highest BCUT2D eigenvalue weighted by Crippen LogP contribution is 2.23.